The Labute approximate surface area is 128 Å². The summed E-state index contributed by atoms with van der Waals surface area (Å²) in [6, 6.07) is 16.2. The second kappa shape index (κ2) is 5.95. The summed E-state index contributed by atoms with van der Waals surface area (Å²) in [6.45, 7) is 1.82. The van der Waals surface area contributed by atoms with Crippen LogP contribution in [0.2, 0.25) is 0 Å². The zero-order valence-electron chi connectivity index (χ0n) is 12.2. The van der Waals surface area contributed by atoms with Gasteiger partial charge in [0.1, 0.15) is 5.69 Å². The highest BCUT2D eigenvalue weighted by molar-refractivity contribution is 5.91. The second-order valence-electron chi connectivity index (χ2n) is 5.05. The molecule has 0 fully saturated rings. The van der Waals surface area contributed by atoms with E-state index in [0.717, 1.165) is 5.69 Å². The van der Waals surface area contributed by atoms with Crippen molar-refractivity contribution in [2.24, 2.45) is 15.3 Å². The van der Waals surface area contributed by atoms with E-state index < -0.39 is 12.3 Å². The molecule has 0 spiro atoms. The normalized spacial score (nSPS) is 21.4. The Morgan fingerprint density at radius 2 is 1.77 bits per heavy atom. The van der Waals surface area contributed by atoms with E-state index >= 15 is 0 Å². The standard InChI is InChI=1S/C16H17N5O/c1-11-15(19-18-14-10-6-5-9-13(14)17)16(22)21(20-11)12-7-3-2-4-8-12/h2-10,15-16,22H,17H2,1H3. The van der Waals surface area contributed by atoms with Gasteiger partial charge in [-0.1, -0.05) is 30.3 Å². The van der Waals surface area contributed by atoms with Gasteiger partial charge in [0.05, 0.1) is 17.1 Å². The summed E-state index contributed by atoms with van der Waals surface area (Å²) in [7, 11) is 0. The van der Waals surface area contributed by atoms with Gasteiger partial charge in [-0.3, -0.25) is 0 Å². The molecule has 2 aromatic carbocycles. The largest absolute Gasteiger partial charge is 0.397 e. The number of para-hydroxylation sites is 2. The zero-order chi connectivity index (χ0) is 15.5. The van der Waals surface area contributed by atoms with E-state index in [1.807, 2.05) is 49.4 Å². The first-order valence-corrected chi connectivity index (χ1v) is 6.99. The van der Waals surface area contributed by atoms with Crippen molar-refractivity contribution < 1.29 is 5.11 Å². The molecule has 0 aromatic heterocycles. The third kappa shape index (κ3) is 2.68. The van der Waals surface area contributed by atoms with Crippen LogP contribution in [0.25, 0.3) is 0 Å². The fourth-order valence-electron chi connectivity index (χ4n) is 2.28. The molecule has 6 heteroatoms. The molecule has 3 N–H and O–H groups in total. The minimum absolute atomic E-state index is 0.514. The van der Waals surface area contributed by atoms with Gasteiger partial charge in [0.25, 0.3) is 0 Å². The number of hydrogen-bond donors (Lipinski definition) is 2. The lowest BCUT2D eigenvalue weighted by Crippen LogP contribution is -2.35. The number of azo groups is 1. The molecule has 2 aromatic rings. The van der Waals surface area contributed by atoms with E-state index in [1.165, 1.54) is 0 Å². The minimum atomic E-state index is -0.879. The van der Waals surface area contributed by atoms with Crippen LogP contribution in [0.15, 0.2) is 69.9 Å². The van der Waals surface area contributed by atoms with Crippen molar-refractivity contribution in [3.05, 3.63) is 54.6 Å². The van der Waals surface area contributed by atoms with E-state index in [0.29, 0.717) is 17.1 Å². The monoisotopic (exact) mass is 295 g/mol. The van der Waals surface area contributed by atoms with Crippen molar-refractivity contribution in [1.82, 2.24) is 0 Å². The molecule has 0 saturated heterocycles. The number of aliphatic hydroxyl groups excluding tert-OH is 1. The van der Waals surface area contributed by atoms with Crippen molar-refractivity contribution in [2.45, 2.75) is 19.2 Å². The number of anilines is 2. The van der Waals surface area contributed by atoms with Crippen LogP contribution >= 0.6 is 0 Å². The second-order valence-corrected chi connectivity index (χ2v) is 5.05. The van der Waals surface area contributed by atoms with Crippen LogP contribution in [0.1, 0.15) is 6.92 Å². The topological polar surface area (TPSA) is 86.6 Å². The first-order valence-electron chi connectivity index (χ1n) is 6.99. The van der Waals surface area contributed by atoms with Crippen LogP contribution < -0.4 is 10.7 Å². The molecule has 0 bridgehead atoms. The first-order chi connectivity index (χ1) is 10.7. The number of benzene rings is 2. The Kier molecular flexibility index (Phi) is 3.84. The van der Waals surface area contributed by atoms with Crippen LogP contribution in [-0.4, -0.2) is 23.1 Å². The summed E-state index contributed by atoms with van der Waals surface area (Å²) in [4.78, 5) is 0. The molecule has 0 aliphatic carbocycles. The Hall–Kier alpha value is -2.73. The lowest BCUT2D eigenvalue weighted by Gasteiger charge is -2.20. The average Bonchev–Trinajstić information content (AvgIpc) is 2.82. The summed E-state index contributed by atoms with van der Waals surface area (Å²) in [5.41, 5.74) is 8.48. The van der Waals surface area contributed by atoms with Crippen LogP contribution in [0, 0.1) is 0 Å². The quantitative estimate of drug-likeness (QED) is 0.674. The van der Waals surface area contributed by atoms with Gasteiger partial charge in [0, 0.05) is 0 Å². The third-order valence-electron chi connectivity index (χ3n) is 3.47. The lowest BCUT2D eigenvalue weighted by atomic mass is 10.2. The Bertz CT molecular complexity index is 713. The SMILES string of the molecule is CC1=NN(c2ccccc2)C(O)C1N=Nc1ccccc1N. The molecule has 1 aliphatic heterocycles. The van der Waals surface area contributed by atoms with Crippen molar-refractivity contribution in [3.8, 4) is 0 Å². The van der Waals surface area contributed by atoms with Gasteiger partial charge >= 0.3 is 0 Å². The molecular formula is C16H17N5O. The highest BCUT2D eigenvalue weighted by Crippen LogP contribution is 2.27. The van der Waals surface area contributed by atoms with E-state index in [-0.39, 0.29) is 0 Å². The van der Waals surface area contributed by atoms with E-state index in [9.17, 15) is 5.11 Å². The van der Waals surface area contributed by atoms with Crippen molar-refractivity contribution in [3.63, 3.8) is 0 Å². The molecule has 1 aliphatic rings. The molecular weight excluding hydrogens is 278 g/mol. The predicted molar refractivity (Wildman–Crippen MR) is 87.2 cm³/mol. The highest BCUT2D eigenvalue weighted by atomic mass is 16.3. The maximum Gasteiger partial charge on any atom is 0.177 e. The maximum atomic E-state index is 10.4. The van der Waals surface area contributed by atoms with Crippen LogP contribution in [0.4, 0.5) is 17.1 Å². The van der Waals surface area contributed by atoms with Crippen molar-refractivity contribution in [2.75, 3.05) is 10.7 Å². The van der Waals surface area contributed by atoms with E-state index in [4.69, 9.17) is 5.73 Å². The predicted octanol–water partition coefficient (Wildman–Crippen LogP) is 2.94. The maximum absolute atomic E-state index is 10.4. The molecule has 1 heterocycles. The minimum Gasteiger partial charge on any atom is -0.397 e. The van der Waals surface area contributed by atoms with Crippen molar-refractivity contribution in [1.29, 1.82) is 0 Å². The van der Waals surface area contributed by atoms with Gasteiger partial charge in [0.2, 0.25) is 0 Å². The average molecular weight is 295 g/mol. The Morgan fingerprint density at radius 3 is 2.50 bits per heavy atom. The highest BCUT2D eigenvalue weighted by Gasteiger charge is 2.34. The van der Waals surface area contributed by atoms with Gasteiger partial charge in [0.15, 0.2) is 12.3 Å². The summed E-state index contributed by atoms with van der Waals surface area (Å²) in [6.07, 6.45) is -0.879. The molecule has 6 nitrogen and oxygen atoms in total. The lowest BCUT2D eigenvalue weighted by molar-refractivity contribution is 0.170. The van der Waals surface area contributed by atoms with E-state index in [2.05, 4.69) is 15.3 Å². The summed E-state index contributed by atoms with van der Waals surface area (Å²) in [5.74, 6) is 0. The Balaban J connectivity index is 1.82. The van der Waals surface area contributed by atoms with Crippen LogP contribution in [-0.2, 0) is 0 Å². The fourth-order valence-corrected chi connectivity index (χ4v) is 2.28. The van der Waals surface area contributed by atoms with Crippen LogP contribution in [0.3, 0.4) is 0 Å². The molecule has 112 valence electrons. The first kappa shape index (κ1) is 14.2. The molecule has 0 saturated carbocycles. The third-order valence-corrected chi connectivity index (χ3v) is 3.47. The fraction of sp³-hybridized carbons (Fsp3) is 0.188. The Morgan fingerprint density at radius 1 is 1.09 bits per heavy atom. The number of hydrogen-bond acceptors (Lipinski definition) is 6. The van der Waals surface area contributed by atoms with Crippen LogP contribution in [0.5, 0.6) is 0 Å². The molecule has 0 radical (unpaired) electrons. The number of hydrazone groups is 1. The summed E-state index contributed by atoms with van der Waals surface area (Å²) < 4.78 is 0. The molecule has 22 heavy (non-hydrogen) atoms. The van der Waals surface area contributed by atoms with Gasteiger partial charge in [-0.05, 0) is 31.2 Å². The van der Waals surface area contributed by atoms with Crippen molar-refractivity contribution >= 4 is 22.8 Å². The molecule has 2 atom stereocenters. The zero-order valence-corrected chi connectivity index (χ0v) is 12.2. The number of rotatable bonds is 3. The summed E-state index contributed by atoms with van der Waals surface area (Å²) >= 11 is 0. The molecule has 3 rings (SSSR count). The van der Waals surface area contributed by atoms with Gasteiger partial charge < -0.3 is 10.8 Å². The number of aliphatic hydroxyl groups is 1. The molecule has 0 amide bonds. The van der Waals surface area contributed by atoms with Gasteiger partial charge in [-0.2, -0.15) is 15.3 Å². The van der Waals surface area contributed by atoms with Gasteiger partial charge in [-0.25, -0.2) is 5.01 Å². The smallest absolute Gasteiger partial charge is 0.177 e. The molecule has 2 unspecified atom stereocenters. The number of nitrogens with two attached hydrogens (primary N) is 1. The van der Waals surface area contributed by atoms with Gasteiger partial charge in [-0.15, -0.1) is 0 Å². The number of nitrogen functional groups attached to an aromatic ring is 1. The number of nitrogens with zero attached hydrogens (tertiary/aromatic N) is 4. The van der Waals surface area contributed by atoms with E-state index in [1.54, 1.807) is 17.1 Å². The summed E-state index contributed by atoms with van der Waals surface area (Å²) in [5, 5.41) is 24.7.